The van der Waals surface area contributed by atoms with E-state index < -0.39 is 11.3 Å². The minimum Gasteiger partial charge on any atom is -0.393 e. The molecule has 1 aliphatic heterocycles. The Morgan fingerprint density at radius 2 is 1.87 bits per heavy atom. The van der Waals surface area contributed by atoms with Gasteiger partial charge in [-0.25, -0.2) is 9.59 Å². The highest BCUT2D eigenvalue weighted by atomic mass is 16.4. The molecular weight excluding hydrogens is 300 g/mol. The van der Waals surface area contributed by atoms with Gasteiger partial charge in [0.05, 0.1) is 13.1 Å². The fraction of sp³-hybridized carbons (Fsp3) is 0.733. The molecule has 3 amide bonds. The zero-order valence-electron chi connectivity index (χ0n) is 13.7. The highest BCUT2D eigenvalue weighted by Crippen LogP contribution is 2.39. The lowest BCUT2D eigenvalue weighted by atomic mass is 9.71. The van der Waals surface area contributed by atoms with E-state index in [1.807, 2.05) is 0 Å². The smallest absolute Gasteiger partial charge is 0.393 e. The number of carbonyl (C=O) groups excluding carboxylic acids is 2. The van der Waals surface area contributed by atoms with Crippen molar-refractivity contribution in [3.8, 4) is 0 Å². The van der Waals surface area contributed by atoms with E-state index in [-0.39, 0.29) is 30.9 Å². The fourth-order valence-electron chi connectivity index (χ4n) is 4.03. The van der Waals surface area contributed by atoms with E-state index in [0.29, 0.717) is 24.7 Å². The molecule has 1 aromatic rings. The van der Waals surface area contributed by atoms with Gasteiger partial charge < -0.3 is 9.73 Å². The number of aromatic nitrogens is 2. The lowest BCUT2D eigenvalue weighted by Crippen LogP contribution is -2.52. The van der Waals surface area contributed by atoms with Crippen LogP contribution in [-0.4, -0.2) is 38.7 Å². The number of nitrogens with zero attached hydrogens (tertiary/aromatic N) is 3. The maximum Gasteiger partial charge on any atom is 0.437 e. The number of nitrogens with one attached hydrogen (secondary N) is 1. The third kappa shape index (κ3) is 2.77. The van der Waals surface area contributed by atoms with Gasteiger partial charge in [-0.05, 0) is 31.1 Å². The quantitative estimate of drug-likeness (QED) is 0.834. The fourth-order valence-corrected chi connectivity index (χ4v) is 4.03. The zero-order chi connectivity index (χ0) is 16.8. The Balaban J connectivity index is 1.74. The minimum absolute atomic E-state index is 0.112. The average molecular weight is 322 g/mol. The van der Waals surface area contributed by atoms with Gasteiger partial charge in [-0.1, -0.05) is 13.8 Å². The van der Waals surface area contributed by atoms with Gasteiger partial charge >= 0.3 is 11.8 Å². The van der Waals surface area contributed by atoms with Crippen molar-refractivity contribution in [1.82, 2.24) is 20.0 Å². The van der Waals surface area contributed by atoms with Crippen molar-refractivity contribution in [2.24, 2.45) is 11.8 Å². The number of rotatable bonds is 3. The number of imide groups is 1. The molecule has 1 spiro atoms. The van der Waals surface area contributed by atoms with Crippen molar-refractivity contribution in [2.75, 3.05) is 6.54 Å². The summed E-state index contributed by atoms with van der Waals surface area (Å²) in [6, 6.07) is -0.385. The number of aryl methyl sites for hydroxylation is 1. The summed E-state index contributed by atoms with van der Waals surface area (Å²) in [5.41, 5.74) is -0.779. The van der Waals surface area contributed by atoms with Crippen molar-refractivity contribution < 1.29 is 14.0 Å². The SMILES string of the molecule is Cc1nn(CCN2C(=O)NC3(CC(C)CC(C)C3)C2=O)c(=O)o1. The molecule has 8 nitrogen and oxygen atoms in total. The van der Waals surface area contributed by atoms with Crippen LogP contribution in [0.2, 0.25) is 0 Å². The van der Waals surface area contributed by atoms with Gasteiger partial charge in [-0.2, -0.15) is 4.68 Å². The predicted molar refractivity (Wildman–Crippen MR) is 80.7 cm³/mol. The molecule has 1 aromatic heterocycles. The second kappa shape index (κ2) is 5.50. The normalized spacial score (nSPS) is 31.0. The van der Waals surface area contributed by atoms with Crippen molar-refractivity contribution in [3.05, 3.63) is 16.4 Å². The molecule has 2 fully saturated rings. The summed E-state index contributed by atoms with van der Waals surface area (Å²) < 4.78 is 5.95. The number of amides is 3. The third-order valence-corrected chi connectivity index (χ3v) is 4.69. The van der Waals surface area contributed by atoms with E-state index in [0.717, 1.165) is 11.1 Å². The van der Waals surface area contributed by atoms with Gasteiger partial charge in [0.2, 0.25) is 5.89 Å². The molecule has 0 aromatic carbocycles. The summed E-state index contributed by atoms with van der Waals surface area (Å²) in [4.78, 5) is 37.8. The molecule has 2 heterocycles. The van der Waals surface area contributed by atoms with E-state index >= 15 is 0 Å². The largest absolute Gasteiger partial charge is 0.437 e. The molecule has 126 valence electrons. The molecule has 8 heteroatoms. The Morgan fingerprint density at radius 1 is 1.22 bits per heavy atom. The lowest BCUT2D eigenvalue weighted by Gasteiger charge is -2.37. The molecular formula is C15H22N4O4. The van der Waals surface area contributed by atoms with E-state index in [2.05, 4.69) is 24.3 Å². The third-order valence-electron chi connectivity index (χ3n) is 4.69. The summed E-state index contributed by atoms with van der Waals surface area (Å²) in [5, 5.41) is 6.81. The van der Waals surface area contributed by atoms with Crippen molar-refractivity contribution in [3.63, 3.8) is 0 Å². The molecule has 0 bridgehead atoms. The maximum atomic E-state index is 12.8. The summed E-state index contributed by atoms with van der Waals surface area (Å²) in [6.07, 6.45) is 2.40. The molecule has 0 radical (unpaired) electrons. The van der Waals surface area contributed by atoms with Crippen LogP contribution < -0.4 is 11.1 Å². The average Bonchev–Trinajstić information content (AvgIpc) is 2.85. The Hall–Kier alpha value is -2.12. The van der Waals surface area contributed by atoms with Crippen LogP contribution in [0, 0.1) is 18.8 Å². The number of carbonyl (C=O) groups is 2. The second-order valence-corrected chi connectivity index (χ2v) is 6.93. The maximum absolute atomic E-state index is 12.8. The first-order valence-electron chi connectivity index (χ1n) is 7.99. The number of urea groups is 1. The monoisotopic (exact) mass is 322 g/mol. The van der Waals surface area contributed by atoms with Crippen LogP contribution >= 0.6 is 0 Å². The van der Waals surface area contributed by atoms with Crippen molar-refractivity contribution in [1.29, 1.82) is 0 Å². The summed E-state index contributed by atoms with van der Waals surface area (Å²) in [5.74, 6) is 0.282. The van der Waals surface area contributed by atoms with Crippen LogP contribution in [0.4, 0.5) is 4.79 Å². The Kier molecular flexibility index (Phi) is 3.77. The van der Waals surface area contributed by atoms with Gasteiger partial charge in [0.1, 0.15) is 5.54 Å². The first-order valence-corrected chi connectivity index (χ1v) is 7.99. The molecule has 2 unspecified atom stereocenters. The highest BCUT2D eigenvalue weighted by molar-refractivity contribution is 6.07. The van der Waals surface area contributed by atoms with Crippen molar-refractivity contribution >= 4 is 11.9 Å². The number of hydrogen-bond donors (Lipinski definition) is 1. The lowest BCUT2D eigenvalue weighted by molar-refractivity contribution is -0.133. The summed E-state index contributed by atoms with van der Waals surface area (Å²) >= 11 is 0. The van der Waals surface area contributed by atoms with Gasteiger partial charge in [0.25, 0.3) is 5.91 Å². The highest BCUT2D eigenvalue weighted by Gasteiger charge is 2.53. The van der Waals surface area contributed by atoms with Gasteiger partial charge in [-0.3, -0.25) is 9.69 Å². The van der Waals surface area contributed by atoms with E-state index in [1.54, 1.807) is 6.92 Å². The second-order valence-electron chi connectivity index (χ2n) is 6.93. The Labute approximate surface area is 133 Å². The predicted octanol–water partition coefficient (Wildman–Crippen LogP) is 0.891. The molecule has 1 aliphatic carbocycles. The van der Waals surface area contributed by atoms with E-state index in [4.69, 9.17) is 4.42 Å². The molecule has 1 saturated heterocycles. The van der Waals surface area contributed by atoms with Gasteiger partial charge in [0.15, 0.2) is 0 Å². The van der Waals surface area contributed by atoms with E-state index in [9.17, 15) is 14.4 Å². The van der Waals surface area contributed by atoms with Gasteiger partial charge in [-0.15, -0.1) is 5.10 Å². The van der Waals surface area contributed by atoms with Crippen LogP contribution in [-0.2, 0) is 11.3 Å². The Bertz CT molecular complexity index is 682. The summed E-state index contributed by atoms with van der Waals surface area (Å²) in [6.45, 7) is 6.04. The van der Waals surface area contributed by atoms with Crippen LogP contribution in [0.3, 0.4) is 0 Å². The minimum atomic E-state index is -0.779. The number of hydrogen-bond acceptors (Lipinski definition) is 5. The molecule has 3 rings (SSSR count). The van der Waals surface area contributed by atoms with Crippen LogP contribution in [0.5, 0.6) is 0 Å². The molecule has 23 heavy (non-hydrogen) atoms. The van der Waals surface area contributed by atoms with Crippen LogP contribution in [0.1, 0.15) is 39.0 Å². The first-order chi connectivity index (χ1) is 10.8. The molecule has 2 atom stereocenters. The van der Waals surface area contributed by atoms with Crippen molar-refractivity contribution in [2.45, 2.75) is 52.1 Å². The van der Waals surface area contributed by atoms with Crippen LogP contribution in [0.25, 0.3) is 0 Å². The van der Waals surface area contributed by atoms with Crippen LogP contribution in [0.15, 0.2) is 9.21 Å². The first kappa shape index (κ1) is 15.8. The molecule has 1 N–H and O–H groups in total. The molecule has 1 saturated carbocycles. The van der Waals surface area contributed by atoms with Gasteiger partial charge in [0, 0.05) is 6.92 Å². The zero-order valence-corrected chi connectivity index (χ0v) is 13.7. The van der Waals surface area contributed by atoms with E-state index in [1.165, 1.54) is 4.90 Å². The molecule has 2 aliphatic rings. The topological polar surface area (TPSA) is 97.4 Å². The summed E-state index contributed by atoms with van der Waals surface area (Å²) in [7, 11) is 0. The Morgan fingerprint density at radius 3 is 2.43 bits per heavy atom. The standard InChI is InChI=1S/C15H22N4O4/c1-9-6-10(2)8-15(7-9)12(20)18(13(21)16-15)4-5-19-14(22)23-11(3)17-19/h9-10H,4-8H2,1-3H3,(H,16,21).